The molecule has 0 aliphatic rings. The van der Waals surface area contributed by atoms with Gasteiger partial charge in [0.05, 0.1) is 5.56 Å². The summed E-state index contributed by atoms with van der Waals surface area (Å²) in [6.45, 7) is 0. The Labute approximate surface area is 116 Å². The lowest BCUT2D eigenvalue weighted by Crippen LogP contribution is -2.08. The van der Waals surface area contributed by atoms with Crippen LogP contribution in [0.4, 0.5) is 22.0 Å². The average molecular weight is 298 g/mol. The summed E-state index contributed by atoms with van der Waals surface area (Å²) >= 11 is 0. The summed E-state index contributed by atoms with van der Waals surface area (Å²) in [5.74, 6) is -10.9. The summed E-state index contributed by atoms with van der Waals surface area (Å²) in [5, 5.41) is 0. The quantitative estimate of drug-likeness (QED) is 0.269. The largest absolute Gasteiger partial charge is 0.286 e. The minimum atomic E-state index is -2.16. The van der Waals surface area contributed by atoms with Crippen molar-refractivity contribution in [1.29, 1.82) is 0 Å². The highest BCUT2D eigenvalue weighted by molar-refractivity contribution is 6.09. The summed E-state index contributed by atoms with van der Waals surface area (Å²) in [5.41, 5.74) is -0.914. The highest BCUT2D eigenvalue weighted by Crippen LogP contribution is 2.22. The summed E-state index contributed by atoms with van der Waals surface area (Å²) in [4.78, 5) is 11.6. The first-order valence-corrected chi connectivity index (χ1v) is 5.71. The zero-order chi connectivity index (χ0) is 15.6. The molecular weight excluding hydrogens is 291 g/mol. The van der Waals surface area contributed by atoms with Crippen LogP contribution in [-0.4, -0.2) is 5.78 Å². The van der Waals surface area contributed by atoms with E-state index in [4.69, 9.17) is 0 Å². The fraction of sp³-hybridized carbons (Fsp3) is 0. The number of halogens is 5. The van der Waals surface area contributed by atoms with Crippen LogP contribution in [0.2, 0.25) is 0 Å². The Morgan fingerprint density at radius 3 is 2.14 bits per heavy atom. The van der Waals surface area contributed by atoms with Gasteiger partial charge in [0.25, 0.3) is 0 Å². The first-order valence-electron chi connectivity index (χ1n) is 5.71. The molecule has 2 aromatic carbocycles. The number of allylic oxidation sites excluding steroid dienone is 1. The molecule has 0 heterocycles. The van der Waals surface area contributed by atoms with Crippen molar-refractivity contribution < 1.29 is 26.7 Å². The number of carbonyl (C=O) groups excluding carboxylic acids is 1. The Morgan fingerprint density at radius 2 is 1.52 bits per heavy atom. The smallest absolute Gasteiger partial charge is 0.224 e. The van der Waals surface area contributed by atoms with Gasteiger partial charge in [0.15, 0.2) is 29.1 Å². The molecule has 0 saturated heterocycles. The second-order valence-electron chi connectivity index (χ2n) is 4.08. The van der Waals surface area contributed by atoms with Crippen molar-refractivity contribution >= 4 is 11.9 Å². The van der Waals surface area contributed by atoms with Gasteiger partial charge >= 0.3 is 0 Å². The van der Waals surface area contributed by atoms with E-state index in [0.717, 1.165) is 6.08 Å². The van der Waals surface area contributed by atoms with E-state index < -0.39 is 40.4 Å². The minimum Gasteiger partial charge on any atom is -0.286 e. The molecule has 1 nitrogen and oxygen atoms in total. The molecule has 6 heteroatoms. The highest BCUT2D eigenvalue weighted by atomic mass is 19.2. The zero-order valence-corrected chi connectivity index (χ0v) is 10.3. The molecule has 0 N–H and O–H groups in total. The number of hydrogen-bond donors (Lipinski definition) is 0. The SMILES string of the molecule is O=C(C(F)=Cc1ccccc1)c1cc(F)c(F)c(F)c1F. The number of ketones is 1. The molecule has 0 bridgehead atoms. The van der Waals surface area contributed by atoms with Crippen LogP contribution in [0.25, 0.3) is 6.08 Å². The molecule has 2 rings (SSSR count). The molecular formula is C15H7F5O. The first-order chi connectivity index (χ1) is 9.91. The Hall–Kier alpha value is -2.50. The van der Waals surface area contributed by atoms with Crippen LogP contribution in [0.5, 0.6) is 0 Å². The van der Waals surface area contributed by atoms with Gasteiger partial charge in [0, 0.05) is 0 Å². The fourth-order valence-electron chi connectivity index (χ4n) is 1.63. The molecule has 0 saturated carbocycles. The molecule has 0 amide bonds. The van der Waals surface area contributed by atoms with Crippen molar-refractivity contribution in [2.24, 2.45) is 0 Å². The molecule has 2 aromatic rings. The normalized spacial score (nSPS) is 11.6. The van der Waals surface area contributed by atoms with Crippen LogP contribution in [0.3, 0.4) is 0 Å². The van der Waals surface area contributed by atoms with Gasteiger partial charge in [0.2, 0.25) is 5.78 Å². The number of Topliss-reactive ketones (excluding diaryl/α,β-unsaturated/α-hetero) is 1. The van der Waals surface area contributed by atoms with Crippen molar-refractivity contribution in [3.05, 3.63) is 76.6 Å². The van der Waals surface area contributed by atoms with Gasteiger partial charge in [0.1, 0.15) is 0 Å². The highest BCUT2D eigenvalue weighted by Gasteiger charge is 2.25. The summed E-state index contributed by atoms with van der Waals surface area (Å²) < 4.78 is 65.9. The van der Waals surface area contributed by atoms with E-state index in [1.807, 2.05) is 0 Å². The van der Waals surface area contributed by atoms with Crippen LogP contribution in [0.1, 0.15) is 15.9 Å². The van der Waals surface area contributed by atoms with Gasteiger partial charge in [-0.15, -0.1) is 0 Å². The van der Waals surface area contributed by atoms with Crippen LogP contribution in [0.15, 0.2) is 42.2 Å². The molecule has 108 valence electrons. The Balaban J connectivity index is 2.44. The van der Waals surface area contributed by atoms with E-state index in [0.29, 0.717) is 5.56 Å². The standard InChI is InChI=1S/C15H7F5O/c16-10-7-9(12(18)14(20)13(10)19)15(21)11(17)6-8-4-2-1-3-5-8/h1-7H. The zero-order valence-electron chi connectivity index (χ0n) is 10.3. The van der Waals surface area contributed by atoms with Crippen LogP contribution >= 0.6 is 0 Å². The third-order valence-electron chi connectivity index (χ3n) is 2.66. The van der Waals surface area contributed by atoms with Gasteiger partial charge in [-0.2, -0.15) is 0 Å². The second-order valence-corrected chi connectivity index (χ2v) is 4.08. The van der Waals surface area contributed by atoms with E-state index in [9.17, 15) is 26.7 Å². The molecule has 0 aliphatic carbocycles. The van der Waals surface area contributed by atoms with Crippen molar-refractivity contribution in [1.82, 2.24) is 0 Å². The predicted octanol–water partition coefficient (Wildman–Crippen LogP) is 4.44. The molecule has 0 aromatic heterocycles. The molecule has 21 heavy (non-hydrogen) atoms. The number of carbonyl (C=O) groups is 1. The lowest BCUT2D eigenvalue weighted by molar-refractivity contribution is 0.100. The summed E-state index contributed by atoms with van der Waals surface area (Å²) in [6, 6.07) is 7.85. The van der Waals surface area contributed by atoms with Crippen LogP contribution in [-0.2, 0) is 0 Å². The first kappa shape index (κ1) is 14.9. The van der Waals surface area contributed by atoms with Crippen molar-refractivity contribution in [2.45, 2.75) is 0 Å². The number of benzene rings is 2. The molecule has 0 fully saturated rings. The summed E-state index contributed by atoms with van der Waals surface area (Å²) in [7, 11) is 0. The maximum atomic E-state index is 13.7. The molecule has 0 radical (unpaired) electrons. The molecule has 0 unspecified atom stereocenters. The Morgan fingerprint density at radius 1 is 0.905 bits per heavy atom. The van der Waals surface area contributed by atoms with E-state index in [1.54, 1.807) is 18.2 Å². The van der Waals surface area contributed by atoms with E-state index >= 15 is 0 Å². The minimum absolute atomic E-state index is 0.120. The maximum Gasteiger partial charge on any atom is 0.224 e. The average Bonchev–Trinajstić information content (AvgIpc) is 2.49. The van der Waals surface area contributed by atoms with Gasteiger partial charge in [-0.1, -0.05) is 30.3 Å². The third-order valence-corrected chi connectivity index (χ3v) is 2.66. The van der Waals surface area contributed by atoms with E-state index in [2.05, 4.69) is 0 Å². The third kappa shape index (κ3) is 2.99. The Kier molecular flexibility index (Phi) is 4.16. The predicted molar refractivity (Wildman–Crippen MR) is 66.1 cm³/mol. The van der Waals surface area contributed by atoms with Crippen molar-refractivity contribution in [3.8, 4) is 0 Å². The van der Waals surface area contributed by atoms with Gasteiger partial charge in [-0.25, -0.2) is 22.0 Å². The lowest BCUT2D eigenvalue weighted by atomic mass is 10.1. The van der Waals surface area contributed by atoms with Crippen molar-refractivity contribution in [2.75, 3.05) is 0 Å². The van der Waals surface area contributed by atoms with E-state index in [1.165, 1.54) is 12.1 Å². The number of hydrogen-bond acceptors (Lipinski definition) is 1. The molecule has 0 aliphatic heterocycles. The number of rotatable bonds is 3. The van der Waals surface area contributed by atoms with Crippen LogP contribution < -0.4 is 0 Å². The second kappa shape index (κ2) is 5.87. The topological polar surface area (TPSA) is 17.1 Å². The monoisotopic (exact) mass is 298 g/mol. The van der Waals surface area contributed by atoms with Gasteiger partial charge < -0.3 is 0 Å². The van der Waals surface area contributed by atoms with Gasteiger partial charge in [-0.05, 0) is 17.7 Å². The maximum absolute atomic E-state index is 13.7. The molecule has 0 atom stereocenters. The lowest BCUT2D eigenvalue weighted by Gasteiger charge is -2.04. The fourth-order valence-corrected chi connectivity index (χ4v) is 1.63. The van der Waals surface area contributed by atoms with Crippen LogP contribution in [0, 0.1) is 23.3 Å². The summed E-state index contributed by atoms with van der Waals surface area (Å²) in [6.07, 6.45) is 0.779. The van der Waals surface area contributed by atoms with E-state index in [-0.39, 0.29) is 6.07 Å². The Bertz CT molecular complexity index is 723. The van der Waals surface area contributed by atoms with Crippen molar-refractivity contribution in [3.63, 3.8) is 0 Å². The van der Waals surface area contributed by atoms with Gasteiger partial charge in [-0.3, -0.25) is 4.79 Å². The molecule has 0 spiro atoms.